The number of halogens is 1. The van der Waals surface area contributed by atoms with Crippen molar-refractivity contribution in [1.29, 1.82) is 0 Å². The second-order valence-corrected chi connectivity index (χ2v) is 4.68. The number of nitrogens with zero attached hydrogens (tertiary/aromatic N) is 1. The second-order valence-electron chi connectivity index (χ2n) is 3.77. The molecule has 0 aliphatic heterocycles. The Morgan fingerprint density at radius 1 is 1.37 bits per heavy atom. The van der Waals surface area contributed by atoms with Crippen molar-refractivity contribution in [2.75, 3.05) is 18.2 Å². The highest BCUT2D eigenvalue weighted by molar-refractivity contribution is 9.10. The molecule has 3 N–H and O–H groups in total. The van der Waals surface area contributed by atoms with Crippen LogP contribution in [0.15, 0.2) is 41.0 Å². The molecule has 2 rings (SSSR count). The fourth-order valence-electron chi connectivity index (χ4n) is 1.49. The van der Waals surface area contributed by atoms with Gasteiger partial charge >= 0.3 is 0 Å². The number of nitrogens with two attached hydrogens (primary N) is 1. The first-order valence-electron chi connectivity index (χ1n) is 5.46. The zero-order valence-corrected chi connectivity index (χ0v) is 11.8. The smallest absolute Gasteiger partial charge is 0.259 e. The minimum absolute atomic E-state index is 0.328. The number of nitrogen functional groups attached to an aromatic ring is 1. The quantitative estimate of drug-likeness (QED) is 0.852. The second kappa shape index (κ2) is 5.71. The van der Waals surface area contributed by atoms with Crippen LogP contribution in [-0.4, -0.2) is 18.0 Å². The van der Waals surface area contributed by atoms with Gasteiger partial charge in [0.05, 0.1) is 12.7 Å². The van der Waals surface area contributed by atoms with Gasteiger partial charge in [-0.2, -0.15) is 0 Å². The van der Waals surface area contributed by atoms with Crippen LogP contribution in [0.1, 0.15) is 10.4 Å². The molecule has 0 atom stereocenters. The van der Waals surface area contributed by atoms with E-state index in [0.29, 0.717) is 22.8 Å². The summed E-state index contributed by atoms with van der Waals surface area (Å²) in [5, 5.41) is 2.67. The van der Waals surface area contributed by atoms with Crippen molar-refractivity contribution in [2.24, 2.45) is 0 Å². The maximum absolute atomic E-state index is 12.1. The number of rotatable bonds is 3. The highest BCUT2D eigenvalue weighted by Gasteiger charge is 2.11. The van der Waals surface area contributed by atoms with Crippen LogP contribution in [0, 0.1) is 0 Å². The number of carbonyl (C=O) groups excluding carboxylic acids is 1. The van der Waals surface area contributed by atoms with E-state index in [2.05, 4.69) is 26.2 Å². The average Bonchev–Trinajstić information content (AvgIpc) is 2.42. The van der Waals surface area contributed by atoms with Gasteiger partial charge in [-0.25, -0.2) is 4.98 Å². The average molecular weight is 322 g/mol. The zero-order chi connectivity index (χ0) is 13.8. The number of aromatic nitrogens is 1. The summed E-state index contributed by atoms with van der Waals surface area (Å²) >= 11 is 3.28. The number of ether oxygens (including phenoxy) is 1. The van der Waals surface area contributed by atoms with Crippen LogP contribution >= 0.6 is 15.9 Å². The van der Waals surface area contributed by atoms with Gasteiger partial charge < -0.3 is 15.8 Å². The molecule has 0 aliphatic rings. The summed E-state index contributed by atoms with van der Waals surface area (Å²) in [5.41, 5.74) is 6.51. The van der Waals surface area contributed by atoms with Crippen molar-refractivity contribution in [2.45, 2.75) is 0 Å². The standard InChI is InChI=1S/C13H12BrN3O2/c1-19-9-3-4-11(15)10(6-9)13(18)17-12-5-2-8(14)7-16-12/h2-7H,15H2,1H3,(H,16,17,18). The number of methoxy groups -OCH3 is 1. The topological polar surface area (TPSA) is 77.2 Å². The van der Waals surface area contributed by atoms with E-state index in [1.165, 1.54) is 7.11 Å². The molecular weight excluding hydrogens is 310 g/mol. The number of hydrogen-bond acceptors (Lipinski definition) is 4. The normalized spacial score (nSPS) is 10.0. The Morgan fingerprint density at radius 3 is 2.79 bits per heavy atom. The lowest BCUT2D eigenvalue weighted by Gasteiger charge is -2.08. The lowest BCUT2D eigenvalue weighted by Crippen LogP contribution is -2.15. The van der Waals surface area contributed by atoms with Gasteiger partial charge in [0, 0.05) is 16.4 Å². The lowest BCUT2D eigenvalue weighted by atomic mass is 10.1. The number of benzene rings is 1. The number of hydrogen-bond donors (Lipinski definition) is 2. The van der Waals surface area contributed by atoms with Crippen LogP contribution in [-0.2, 0) is 0 Å². The Bertz CT molecular complexity index is 599. The predicted octanol–water partition coefficient (Wildman–Crippen LogP) is 2.69. The number of carbonyl (C=O) groups is 1. The Hall–Kier alpha value is -2.08. The molecule has 0 aliphatic carbocycles. The molecule has 2 aromatic rings. The van der Waals surface area contributed by atoms with Crippen LogP contribution in [0.2, 0.25) is 0 Å². The van der Waals surface area contributed by atoms with Crippen molar-refractivity contribution in [3.63, 3.8) is 0 Å². The molecule has 0 spiro atoms. The third kappa shape index (κ3) is 3.23. The Morgan fingerprint density at radius 2 is 2.16 bits per heavy atom. The summed E-state index contributed by atoms with van der Waals surface area (Å²) in [6.07, 6.45) is 1.60. The van der Waals surface area contributed by atoms with Gasteiger partial charge in [0.1, 0.15) is 11.6 Å². The van der Waals surface area contributed by atoms with Crippen molar-refractivity contribution in [1.82, 2.24) is 4.98 Å². The van der Waals surface area contributed by atoms with E-state index < -0.39 is 0 Å². The molecule has 6 heteroatoms. The first-order valence-corrected chi connectivity index (χ1v) is 6.26. The molecular formula is C13H12BrN3O2. The first kappa shape index (κ1) is 13.4. The number of nitrogens with one attached hydrogen (secondary N) is 1. The molecule has 19 heavy (non-hydrogen) atoms. The Kier molecular flexibility index (Phi) is 4.01. The fourth-order valence-corrected chi connectivity index (χ4v) is 1.73. The van der Waals surface area contributed by atoms with E-state index >= 15 is 0 Å². The molecule has 1 aromatic carbocycles. The fraction of sp³-hybridized carbons (Fsp3) is 0.0769. The molecule has 1 heterocycles. The molecule has 0 saturated carbocycles. The monoisotopic (exact) mass is 321 g/mol. The van der Waals surface area contributed by atoms with E-state index in [4.69, 9.17) is 10.5 Å². The molecule has 0 bridgehead atoms. The van der Waals surface area contributed by atoms with Gasteiger partial charge in [-0.3, -0.25) is 4.79 Å². The summed E-state index contributed by atoms with van der Waals surface area (Å²) in [6.45, 7) is 0. The van der Waals surface area contributed by atoms with Gasteiger partial charge in [0.2, 0.25) is 0 Å². The van der Waals surface area contributed by atoms with E-state index in [9.17, 15) is 4.79 Å². The van der Waals surface area contributed by atoms with E-state index in [0.717, 1.165) is 4.47 Å². The highest BCUT2D eigenvalue weighted by Crippen LogP contribution is 2.20. The number of pyridine rings is 1. The maximum Gasteiger partial charge on any atom is 0.259 e. The van der Waals surface area contributed by atoms with Crippen molar-refractivity contribution in [3.8, 4) is 5.75 Å². The molecule has 1 aromatic heterocycles. The van der Waals surface area contributed by atoms with E-state index in [1.807, 2.05) is 0 Å². The highest BCUT2D eigenvalue weighted by atomic mass is 79.9. The lowest BCUT2D eigenvalue weighted by molar-refractivity contribution is 0.102. The van der Waals surface area contributed by atoms with Crippen molar-refractivity contribution < 1.29 is 9.53 Å². The van der Waals surface area contributed by atoms with Gasteiger partial charge in [-0.05, 0) is 46.3 Å². The largest absolute Gasteiger partial charge is 0.497 e. The molecule has 0 unspecified atom stereocenters. The van der Waals surface area contributed by atoms with Crippen molar-refractivity contribution in [3.05, 3.63) is 46.6 Å². The van der Waals surface area contributed by atoms with Gasteiger partial charge in [-0.1, -0.05) is 0 Å². The van der Waals surface area contributed by atoms with E-state index in [1.54, 1.807) is 36.5 Å². The summed E-state index contributed by atoms with van der Waals surface area (Å²) < 4.78 is 5.91. The van der Waals surface area contributed by atoms with Gasteiger partial charge in [0.25, 0.3) is 5.91 Å². The summed E-state index contributed by atoms with van der Waals surface area (Å²) in [5.74, 6) is 0.699. The SMILES string of the molecule is COc1ccc(N)c(C(=O)Nc2ccc(Br)cn2)c1. The summed E-state index contributed by atoms with van der Waals surface area (Å²) in [4.78, 5) is 16.2. The minimum Gasteiger partial charge on any atom is -0.497 e. The van der Waals surface area contributed by atoms with Crippen LogP contribution in [0.5, 0.6) is 5.75 Å². The molecule has 1 amide bonds. The Balaban J connectivity index is 2.22. The number of anilines is 2. The third-order valence-electron chi connectivity index (χ3n) is 2.47. The van der Waals surface area contributed by atoms with Crippen LogP contribution in [0.3, 0.4) is 0 Å². The summed E-state index contributed by atoms with van der Waals surface area (Å²) in [7, 11) is 1.53. The van der Waals surface area contributed by atoms with Crippen LogP contribution in [0.25, 0.3) is 0 Å². The first-order chi connectivity index (χ1) is 9.10. The molecule has 0 saturated heterocycles. The molecule has 5 nitrogen and oxygen atoms in total. The Labute approximate surface area is 118 Å². The van der Waals surface area contributed by atoms with E-state index in [-0.39, 0.29) is 5.91 Å². The molecule has 98 valence electrons. The summed E-state index contributed by atoms with van der Waals surface area (Å²) in [6, 6.07) is 8.40. The third-order valence-corrected chi connectivity index (χ3v) is 2.94. The maximum atomic E-state index is 12.1. The van der Waals surface area contributed by atoms with Gasteiger partial charge in [0.15, 0.2) is 0 Å². The van der Waals surface area contributed by atoms with Crippen LogP contribution < -0.4 is 15.8 Å². The molecule has 0 radical (unpaired) electrons. The van der Waals surface area contributed by atoms with Crippen molar-refractivity contribution >= 4 is 33.3 Å². The van der Waals surface area contributed by atoms with Crippen LogP contribution in [0.4, 0.5) is 11.5 Å². The predicted molar refractivity (Wildman–Crippen MR) is 77.3 cm³/mol. The number of amides is 1. The minimum atomic E-state index is -0.328. The van der Waals surface area contributed by atoms with Gasteiger partial charge in [-0.15, -0.1) is 0 Å². The molecule has 0 fully saturated rings. The zero-order valence-electron chi connectivity index (χ0n) is 10.2.